The van der Waals surface area contributed by atoms with Gasteiger partial charge in [-0.1, -0.05) is 29.8 Å². The molecule has 0 unspecified atom stereocenters. The number of rotatable bonds is 5. The van der Waals surface area contributed by atoms with E-state index in [0.29, 0.717) is 29.8 Å². The average molecular weight is 401 g/mol. The molecule has 1 heterocycles. The lowest BCUT2D eigenvalue weighted by atomic mass is 10.1. The van der Waals surface area contributed by atoms with E-state index < -0.39 is 11.7 Å². The SMILES string of the molecule is Cc1cc(C)c(Nc2nc(C)nc(NCc3ccc(C(F)(F)F)cc3)n2)c(C)c1. The molecule has 0 saturated carbocycles. The number of aryl methyl sites for hydroxylation is 4. The van der Waals surface area contributed by atoms with Gasteiger partial charge in [0.25, 0.3) is 0 Å². The minimum absolute atomic E-state index is 0.295. The second kappa shape index (κ2) is 8.06. The van der Waals surface area contributed by atoms with E-state index >= 15 is 0 Å². The molecule has 0 radical (unpaired) electrons. The van der Waals surface area contributed by atoms with Gasteiger partial charge >= 0.3 is 6.18 Å². The molecule has 2 aromatic carbocycles. The van der Waals surface area contributed by atoms with Gasteiger partial charge in [0.05, 0.1) is 5.56 Å². The summed E-state index contributed by atoms with van der Waals surface area (Å²) in [6.45, 7) is 8.12. The van der Waals surface area contributed by atoms with Crippen LogP contribution in [0.5, 0.6) is 0 Å². The first kappa shape index (κ1) is 20.6. The molecule has 0 saturated heterocycles. The van der Waals surface area contributed by atoms with Crippen LogP contribution in [0.4, 0.5) is 30.8 Å². The fraction of sp³-hybridized carbons (Fsp3) is 0.286. The predicted molar refractivity (Wildman–Crippen MR) is 107 cm³/mol. The van der Waals surface area contributed by atoms with E-state index in [2.05, 4.69) is 37.7 Å². The van der Waals surface area contributed by atoms with Gasteiger partial charge in [0, 0.05) is 12.2 Å². The predicted octanol–water partition coefficient (Wildman–Crippen LogP) is 5.48. The van der Waals surface area contributed by atoms with Crippen molar-refractivity contribution in [2.45, 2.75) is 40.4 Å². The maximum atomic E-state index is 12.7. The number of anilines is 3. The number of hydrogen-bond donors (Lipinski definition) is 2. The number of nitrogens with zero attached hydrogens (tertiary/aromatic N) is 3. The highest BCUT2D eigenvalue weighted by atomic mass is 19.4. The van der Waals surface area contributed by atoms with Crippen molar-refractivity contribution in [3.8, 4) is 0 Å². The summed E-state index contributed by atoms with van der Waals surface area (Å²) in [6, 6.07) is 9.14. The van der Waals surface area contributed by atoms with Crippen molar-refractivity contribution in [2.75, 3.05) is 10.6 Å². The zero-order valence-corrected chi connectivity index (χ0v) is 16.6. The third-order valence-corrected chi connectivity index (χ3v) is 4.39. The largest absolute Gasteiger partial charge is 0.416 e. The number of hydrogen-bond acceptors (Lipinski definition) is 5. The van der Waals surface area contributed by atoms with E-state index in [1.54, 1.807) is 6.92 Å². The Morgan fingerprint density at radius 1 is 0.828 bits per heavy atom. The molecule has 0 bridgehead atoms. The first-order valence-electron chi connectivity index (χ1n) is 9.09. The Hall–Kier alpha value is -3.16. The normalized spacial score (nSPS) is 11.4. The summed E-state index contributed by atoms with van der Waals surface area (Å²) in [5.74, 6) is 1.28. The van der Waals surface area contributed by atoms with E-state index in [1.807, 2.05) is 20.8 Å². The van der Waals surface area contributed by atoms with Crippen LogP contribution >= 0.6 is 0 Å². The Balaban J connectivity index is 1.74. The number of nitrogens with one attached hydrogen (secondary N) is 2. The highest BCUT2D eigenvalue weighted by Crippen LogP contribution is 2.29. The molecular weight excluding hydrogens is 379 g/mol. The van der Waals surface area contributed by atoms with Gasteiger partial charge in [0.2, 0.25) is 11.9 Å². The monoisotopic (exact) mass is 401 g/mol. The second-order valence-electron chi connectivity index (χ2n) is 6.98. The van der Waals surface area contributed by atoms with E-state index in [4.69, 9.17) is 0 Å². The number of aromatic nitrogens is 3. The third kappa shape index (κ3) is 5.22. The van der Waals surface area contributed by atoms with Crippen molar-refractivity contribution in [3.05, 3.63) is 70.0 Å². The summed E-state index contributed by atoms with van der Waals surface area (Å²) in [5.41, 5.74) is 4.30. The summed E-state index contributed by atoms with van der Waals surface area (Å²) in [4.78, 5) is 13.0. The van der Waals surface area contributed by atoms with Crippen molar-refractivity contribution in [2.24, 2.45) is 0 Å². The molecule has 0 fully saturated rings. The topological polar surface area (TPSA) is 62.7 Å². The zero-order valence-electron chi connectivity index (χ0n) is 16.6. The lowest BCUT2D eigenvalue weighted by Crippen LogP contribution is -2.10. The van der Waals surface area contributed by atoms with E-state index in [1.165, 1.54) is 17.7 Å². The van der Waals surface area contributed by atoms with Crippen molar-refractivity contribution in [1.29, 1.82) is 0 Å². The molecule has 3 rings (SSSR count). The number of halogens is 3. The van der Waals surface area contributed by atoms with Crippen LogP contribution in [0.25, 0.3) is 0 Å². The molecule has 0 atom stereocenters. The van der Waals surface area contributed by atoms with Crippen molar-refractivity contribution in [1.82, 2.24) is 15.0 Å². The van der Waals surface area contributed by atoms with Gasteiger partial charge in [-0.2, -0.15) is 28.1 Å². The summed E-state index contributed by atoms with van der Waals surface area (Å²) < 4.78 is 38.0. The summed E-state index contributed by atoms with van der Waals surface area (Å²) in [7, 11) is 0. The Labute approximate surface area is 167 Å². The van der Waals surface area contributed by atoms with Gasteiger partial charge in [-0.3, -0.25) is 0 Å². The van der Waals surface area contributed by atoms with Crippen LogP contribution in [0.3, 0.4) is 0 Å². The Kier molecular flexibility index (Phi) is 5.72. The lowest BCUT2D eigenvalue weighted by Gasteiger charge is -2.14. The molecule has 0 amide bonds. The molecule has 5 nitrogen and oxygen atoms in total. The molecule has 2 N–H and O–H groups in total. The van der Waals surface area contributed by atoms with Gasteiger partial charge in [-0.25, -0.2) is 0 Å². The van der Waals surface area contributed by atoms with Gasteiger partial charge in [-0.15, -0.1) is 0 Å². The summed E-state index contributed by atoms with van der Waals surface area (Å²) in [5, 5.41) is 6.28. The zero-order chi connectivity index (χ0) is 21.2. The molecular formula is C21H22F3N5. The molecule has 1 aromatic heterocycles. The van der Waals surface area contributed by atoms with Crippen LogP contribution in [0, 0.1) is 27.7 Å². The number of benzene rings is 2. The maximum Gasteiger partial charge on any atom is 0.416 e. The lowest BCUT2D eigenvalue weighted by molar-refractivity contribution is -0.137. The van der Waals surface area contributed by atoms with Gasteiger partial charge in [-0.05, 0) is 56.5 Å². The van der Waals surface area contributed by atoms with Crippen LogP contribution in [0.2, 0.25) is 0 Å². The Morgan fingerprint density at radius 3 is 2.00 bits per heavy atom. The van der Waals surface area contributed by atoms with Crippen molar-refractivity contribution >= 4 is 17.6 Å². The average Bonchev–Trinajstić information content (AvgIpc) is 2.62. The summed E-state index contributed by atoms with van der Waals surface area (Å²) in [6.07, 6.45) is -4.34. The van der Waals surface area contributed by atoms with Crippen LogP contribution in [-0.2, 0) is 12.7 Å². The molecule has 29 heavy (non-hydrogen) atoms. The van der Waals surface area contributed by atoms with Gasteiger partial charge < -0.3 is 10.6 Å². The second-order valence-corrected chi connectivity index (χ2v) is 6.98. The fourth-order valence-electron chi connectivity index (χ4n) is 3.10. The molecule has 8 heteroatoms. The van der Waals surface area contributed by atoms with Gasteiger partial charge in [0.1, 0.15) is 5.82 Å². The summed E-state index contributed by atoms with van der Waals surface area (Å²) >= 11 is 0. The minimum Gasteiger partial charge on any atom is -0.350 e. The van der Waals surface area contributed by atoms with Crippen LogP contribution in [0.15, 0.2) is 36.4 Å². The Bertz CT molecular complexity index is 991. The standard InChI is InChI=1S/C21H22F3N5/c1-12-9-13(2)18(14(3)10-12)28-20-27-15(4)26-19(29-20)25-11-16-5-7-17(8-6-16)21(22,23)24/h5-10H,11H2,1-4H3,(H2,25,26,27,28,29). The van der Waals surface area contributed by atoms with Gasteiger partial charge in [0.15, 0.2) is 0 Å². The first-order valence-corrected chi connectivity index (χ1v) is 9.09. The molecule has 0 aliphatic rings. The van der Waals surface area contributed by atoms with Crippen molar-refractivity contribution < 1.29 is 13.2 Å². The highest BCUT2D eigenvalue weighted by Gasteiger charge is 2.29. The molecule has 152 valence electrons. The molecule has 0 spiro atoms. The Morgan fingerprint density at radius 2 is 1.41 bits per heavy atom. The van der Waals surface area contributed by atoms with E-state index in [9.17, 15) is 13.2 Å². The first-order chi connectivity index (χ1) is 13.6. The molecule has 3 aromatic rings. The van der Waals surface area contributed by atoms with Crippen LogP contribution in [-0.4, -0.2) is 15.0 Å². The minimum atomic E-state index is -4.34. The quantitative estimate of drug-likeness (QED) is 0.593. The highest BCUT2D eigenvalue weighted by molar-refractivity contribution is 5.64. The molecule has 0 aliphatic carbocycles. The smallest absolute Gasteiger partial charge is 0.350 e. The molecule has 0 aliphatic heterocycles. The van der Waals surface area contributed by atoms with E-state index in [0.717, 1.165) is 28.9 Å². The van der Waals surface area contributed by atoms with Crippen LogP contribution < -0.4 is 10.6 Å². The fourth-order valence-corrected chi connectivity index (χ4v) is 3.10. The van der Waals surface area contributed by atoms with Crippen LogP contribution in [0.1, 0.15) is 33.6 Å². The third-order valence-electron chi connectivity index (χ3n) is 4.39. The maximum absolute atomic E-state index is 12.7. The van der Waals surface area contributed by atoms with E-state index in [-0.39, 0.29) is 0 Å². The van der Waals surface area contributed by atoms with Crippen molar-refractivity contribution in [3.63, 3.8) is 0 Å². The number of alkyl halides is 3.